The summed E-state index contributed by atoms with van der Waals surface area (Å²) >= 11 is 0. The summed E-state index contributed by atoms with van der Waals surface area (Å²) in [7, 11) is 0. The predicted molar refractivity (Wildman–Crippen MR) is 75.2 cm³/mol. The van der Waals surface area contributed by atoms with Crippen molar-refractivity contribution >= 4 is 5.97 Å². The first-order valence-electron chi connectivity index (χ1n) is 6.94. The Balaban J connectivity index is 1.66. The average molecular weight is 265 g/mol. The van der Waals surface area contributed by atoms with Crippen LogP contribution in [-0.4, -0.2) is 17.4 Å². The van der Waals surface area contributed by atoms with Crippen LogP contribution in [0.5, 0.6) is 0 Å². The van der Waals surface area contributed by atoms with E-state index < -0.39 is 0 Å². The van der Waals surface area contributed by atoms with Crippen LogP contribution in [0.25, 0.3) is 0 Å². The van der Waals surface area contributed by atoms with Gasteiger partial charge in [-0.2, -0.15) is 0 Å². The van der Waals surface area contributed by atoms with E-state index >= 15 is 0 Å². The number of rotatable bonds is 1. The number of esters is 1. The molecule has 0 spiro atoms. The third-order valence-corrected chi connectivity index (χ3v) is 4.16. The fraction of sp³-hybridized carbons (Fsp3) is 0.235. The molecule has 4 rings (SSSR count). The molecule has 0 saturated heterocycles. The van der Waals surface area contributed by atoms with E-state index in [1.54, 1.807) is 0 Å². The van der Waals surface area contributed by atoms with Crippen molar-refractivity contribution in [2.24, 2.45) is 0 Å². The van der Waals surface area contributed by atoms with Crippen molar-refractivity contribution in [3.8, 4) is 0 Å². The Labute approximate surface area is 117 Å². The molecule has 0 saturated carbocycles. The Hall–Kier alpha value is -2.13. The number of carbonyl (C=O) groups is 1. The van der Waals surface area contributed by atoms with Crippen molar-refractivity contribution in [2.45, 2.75) is 19.2 Å². The van der Waals surface area contributed by atoms with Crippen LogP contribution in [0.1, 0.15) is 33.3 Å². The van der Waals surface area contributed by atoms with Gasteiger partial charge in [0.05, 0.1) is 5.56 Å². The number of ether oxygens (including phenoxy) is 1. The number of hydrogen-bond donors (Lipinski definition) is 0. The molecular weight excluding hydrogens is 250 g/mol. The molecular formula is C17H15NO2. The minimum atomic E-state index is -0.230. The van der Waals surface area contributed by atoms with Gasteiger partial charge in [0.15, 0.2) is 6.23 Å². The second-order valence-electron chi connectivity index (χ2n) is 5.33. The van der Waals surface area contributed by atoms with Gasteiger partial charge in [-0.25, -0.2) is 4.79 Å². The van der Waals surface area contributed by atoms with Crippen molar-refractivity contribution in [2.75, 3.05) is 6.54 Å². The molecule has 0 bridgehead atoms. The number of benzene rings is 2. The number of fused-ring (bicyclic) bond motifs is 2. The predicted octanol–water partition coefficient (Wildman–Crippen LogP) is 2.91. The van der Waals surface area contributed by atoms with Crippen molar-refractivity contribution in [3.63, 3.8) is 0 Å². The first-order valence-corrected chi connectivity index (χ1v) is 6.94. The topological polar surface area (TPSA) is 29.5 Å². The standard InChI is InChI=1S/C17H15NO2/c19-17-15-8-4-3-7-14(15)16(20-17)18-10-9-12-5-1-2-6-13(12)11-18/h1-8,16H,9-11H2. The summed E-state index contributed by atoms with van der Waals surface area (Å²) in [5, 5.41) is 0. The highest BCUT2D eigenvalue weighted by Crippen LogP contribution is 2.35. The Morgan fingerprint density at radius 1 is 1.00 bits per heavy atom. The molecule has 2 aliphatic rings. The van der Waals surface area contributed by atoms with E-state index in [2.05, 4.69) is 29.2 Å². The van der Waals surface area contributed by atoms with Gasteiger partial charge in [0, 0.05) is 18.7 Å². The molecule has 20 heavy (non-hydrogen) atoms. The van der Waals surface area contributed by atoms with Gasteiger partial charge in [-0.1, -0.05) is 42.5 Å². The van der Waals surface area contributed by atoms with E-state index in [4.69, 9.17) is 4.74 Å². The monoisotopic (exact) mass is 265 g/mol. The first kappa shape index (κ1) is 11.7. The maximum Gasteiger partial charge on any atom is 0.340 e. The Kier molecular flexibility index (Phi) is 2.60. The number of hydrogen-bond acceptors (Lipinski definition) is 3. The second-order valence-corrected chi connectivity index (χ2v) is 5.33. The normalized spacial score (nSPS) is 21.2. The van der Waals surface area contributed by atoms with Crippen molar-refractivity contribution in [3.05, 3.63) is 70.8 Å². The molecule has 2 aromatic rings. The van der Waals surface area contributed by atoms with Crippen molar-refractivity contribution < 1.29 is 9.53 Å². The van der Waals surface area contributed by atoms with Gasteiger partial charge in [-0.05, 0) is 23.6 Å². The summed E-state index contributed by atoms with van der Waals surface area (Å²) in [5.41, 5.74) is 4.44. The van der Waals surface area contributed by atoms with Gasteiger partial charge in [-0.3, -0.25) is 4.90 Å². The van der Waals surface area contributed by atoms with E-state index in [-0.39, 0.29) is 12.2 Å². The lowest BCUT2D eigenvalue weighted by Crippen LogP contribution is -2.34. The maximum atomic E-state index is 11.9. The van der Waals surface area contributed by atoms with Gasteiger partial charge >= 0.3 is 5.97 Å². The van der Waals surface area contributed by atoms with Crippen LogP contribution in [0.3, 0.4) is 0 Å². The Morgan fingerprint density at radius 3 is 2.65 bits per heavy atom. The molecule has 1 unspecified atom stereocenters. The number of carbonyl (C=O) groups excluding carboxylic acids is 1. The molecule has 2 heterocycles. The third-order valence-electron chi connectivity index (χ3n) is 4.16. The lowest BCUT2D eigenvalue weighted by Gasteiger charge is -2.32. The van der Waals surface area contributed by atoms with E-state index in [0.717, 1.165) is 25.1 Å². The van der Waals surface area contributed by atoms with Crippen LogP contribution < -0.4 is 0 Å². The molecule has 2 aliphatic heterocycles. The fourth-order valence-corrected chi connectivity index (χ4v) is 3.12. The van der Waals surface area contributed by atoms with Gasteiger partial charge in [0.25, 0.3) is 0 Å². The molecule has 0 aliphatic carbocycles. The summed E-state index contributed by atoms with van der Waals surface area (Å²) in [6, 6.07) is 16.2. The van der Waals surface area contributed by atoms with E-state index in [1.807, 2.05) is 24.3 Å². The molecule has 0 radical (unpaired) electrons. The van der Waals surface area contributed by atoms with Gasteiger partial charge in [0.1, 0.15) is 0 Å². The average Bonchev–Trinajstić information content (AvgIpc) is 2.85. The number of nitrogens with zero attached hydrogens (tertiary/aromatic N) is 1. The fourth-order valence-electron chi connectivity index (χ4n) is 3.12. The molecule has 0 N–H and O–H groups in total. The van der Waals surface area contributed by atoms with E-state index in [1.165, 1.54) is 11.1 Å². The first-order chi connectivity index (χ1) is 9.83. The third kappa shape index (κ3) is 1.74. The lowest BCUT2D eigenvalue weighted by atomic mass is 9.98. The highest BCUT2D eigenvalue weighted by atomic mass is 16.6. The van der Waals surface area contributed by atoms with Gasteiger partial charge in [0.2, 0.25) is 0 Å². The van der Waals surface area contributed by atoms with E-state index in [0.29, 0.717) is 5.56 Å². The van der Waals surface area contributed by atoms with Crippen LogP contribution in [0.4, 0.5) is 0 Å². The second kappa shape index (κ2) is 4.46. The van der Waals surface area contributed by atoms with Crippen molar-refractivity contribution in [1.29, 1.82) is 0 Å². The summed E-state index contributed by atoms with van der Waals surface area (Å²) in [5.74, 6) is -0.204. The minimum Gasteiger partial charge on any atom is -0.438 e. The molecule has 3 heteroatoms. The Morgan fingerprint density at radius 2 is 1.75 bits per heavy atom. The molecule has 3 nitrogen and oxygen atoms in total. The summed E-state index contributed by atoms with van der Waals surface area (Å²) in [4.78, 5) is 14.2. The SMILES string of the molecule is O=C1OC(N2CCc3ccccc3C2)c2ccccc21. The highest BCUT2D eigenvalue weighted by Gasteiger charge is 2.35. The van der Waals surface area contributed by atoms with Crippen LogP contribution in [0.15, 0.2) is 48.5 Å². The largest absolute Gasteiger partial charge is 0.438 e. The smallest absolute Gasteiger partial charge is 0.340 e. The summed E-state index contributed by atoms with van der Waals surface area (Å²) in [6.45, 7) is 1.76. The molecule has 0 aromatic heterocycles. The molecule has 1 atom stereocenters. The zero-order chi connectivity index (χ0) is 13.5. The zero-order valence-corrected chi connectivity index (χ0v) is 11.1. The molecule has 2 aromatic carbocycles. The maximum absolute atomic E-state index is 11.9. The molecule has 0 fully saturated rings. The highest BCUT2D eigenvalue weighted by molar-refractivity contribution is 5.93. The van der Waals surface area contributed by atoms with E-state index in [9.17, 15) is 4.79 Å². The Bertz CT molecular complexity index is 680. The summed E-state index contributed by atoms with van der Waals surface area (Å²) < 4.78 is 5.57. The minimum absolute atomic E-state index is 0.204. The van der Waals surface area contributed by atoms with Crippen LogP contribution >= 0.6 is 0 Å². The van der Waals surface area contributed by atoms with Gasteiger partial charge < -0.3 is 4.74 Å². The zero-order valence-electron chi connectivity index (χ0n) is 11.1. The van der Waals surface area contributed by atoms with Gasteiger partial charge in [-0.15, -0.1) is 0 Å². The molecule has 100 valence electrons. The number of cyclic esters (lactones) is 1. The van der Waals surface area contributed by atoms with Crippen LogP contribution in [0.2, 0.25) is 0 Å². The lowest BCUT2D eigenvalue weighted by molar-refractivity contribution is -0.0291. The van der Waals surface area contributed by atoms with Crippen molar-refractivity contribution in [1.82, 2.24) is 4.90 Å². The quantitative estimate of drug-likeness (QED) is 0.742. The van der Waals surface area contributed by atoms with Crippen LogP contribution in [0, 0.1) is 0 Å². The molecule has 0 amide bonds. The summed E-state index contributed by atoms with van der Waals surface area (Å²) in [6.07, 6.45) is 0.777. The van der Waals surface area contributed by atoms with Crippen LogP contribution in [-0.2, 0) is 17.7 Å².